The number of halogens is 1. The largest absolute Gasteiger partial charge is 0.494 e. The van der Waals surface area contributed by atoms with Gasteiger partial charge in [0.1, 0.15) is 11.6 Å². The summed E-state index contributed by atoms with van der Waals surface area (Å²) < 4.78 is 18.5. The summed E-state index contributed by atoms with van der Waals surface area (Å²) in [5, 5.41) is 14.4. The molecular formula is C25H21FN4O2. The molecule has 6 nitrogen and oxygen atoms in total. The molecule has 0 atom stereocenters. The molecule has 32 heavy (non-hydrogen) atoms. The molecule has 2 N–H and O–H groups in total. The van der Waals surface area contributed by atoms with Gasteiger partial charge in [-0.3, -0.25) is 4.79 Å². The van der Waals surface area contributed by atoms with E-state index in [0.29, 0.717) is 35.1 Å². The summed E-state index contributed by atoms with van der Waals surface area (Å²) in [6.45, 7) is 2.51. The van der Waals surface area contributed by atoms with Gasteiger partial charge in [0.2, 0.25) is 0 Å². The van der Waals surface area contributed by atoms with E-state index in [1.807, 2.05) is 25.1 Å². The molecule has 0 saturated heterocycles. The molecule has 0 bridgehead atoms. The highest BCUT2D eigenvalue weighted by Gasteiger charge is 2.08. The number of amides is 1. The van der Waals surface area contributed by atoms with Gasteiger partial charge in [0.15, 0.2) is 5.82 Å². The molecule has 4 aromatic rings. The Labute approximate surface area is 185 Å². The number of nitrogens with one attached hydrogen (secondary N) is 2. The smallest absolute Gasteiger partial charge is 0.255 e. The van der Waals surface area contributed by atoms with Gasteiger partial charge in [-0.1, -0.05) is 6.07 Å². The Bertz CT molecular complexity index is 1190. The maximum atomic E-state index is 13.1. The lowest BCUT2D eigenvalue weighted by Gasteiger charge is -2.09. The van der Waals surface area contributed by atoms with Crippen LogP contribution in [0.25, 0.3) is 11.3 Å². The van der Waals surface area contributed by atoms with Crippen molar-refractivity contribution in [3.8, 4) is 17.0 Å². The number of nitrogens with zero attached hydrogens (tertiary/aromatic N) is 2. The van der Waals surface area contributed by atoms with Crippen LogP contribution in [0, 0.1) is 5.82 Å². The van der Waals surface area contributed by atoms with E-state index < -0.39 is 0 Å². The topological polar surface area (TPSA) is 76.1 Å². The minimum Gasteiger partial charge on any atom is -0.494 e. The fourth-order valence-corrected chi connectivity index (χ4v) is 3.06. The van der Waals surface area contributed by atoms with E-state index in [-0.39, 0.29) is 11.7 Å². The van der Waals surface area contributed by atoms with Gasteiger partial charge in [-0.05, 0) is 85.8 Å². The summed E-state index contributed by atoms with van der Waals surface area (Å²) in [7, 11) is 0. The summed E-state index contributed by atoms with van der Waals surface area (Å²) >= 11 is 0. The Kier molecular flexibility index (Phi) is 6.36. The van der Waals surface area contributed by atoms with E-state index in [1.165, 1.54) is 12.1 Å². The summed E-state index contributed by atoms with van der Waals surface area (Å²) in [5.74, 6) is 0.755. The fraction of sp³-hybridized carbons (Fsp3) is 0.0800. The Balaban J connectivity index is 1.42. The lowest BCUT2D eigenvalue weighted by atomic mass is 10.1. The fourth-order valence-electron chi connectivity index (χ4n) is 3.06. The van der Waals surface area contributed by atoms with Crippen molar-refractivity contribution >= 4 is 23.1 Å². The van der Waals surface area contributed by atoms with Crippen molar-refractivity contribution in [1.82, 2.24) is 10.2 Å². The number of hydrogen-bond donors (Lipinski definition) is 2. The normalized spacial score (nSPS) is 10.4. The Morgan fingerprint density at radius 3 is 2.38 bits per heavy atom. The predicted octanol–water partition coefficient (Wildman–Crippen LogP) is 5.68. The Morgan fingerprint density at radius 2 is 1.69 bits per heavy atom. The van der Waals surface area contributed by atoms with Crippen molar-refractivity contribution in [2.24, 2.45) is 0 Å². The molecule has 0 unspecified atom stereocenters. The first kappa shape index (κ1) is 21.0. The zero-order valence-electron chi connectivity index (χ0n) is 17.4. The molecule has 1 amide bonds. The second kappa shape index (κ2) is 9.70. The monoisotopic (exact) mass is 428 g/mol. The lowest BCUT2D eigenvalue weighted by molar-refractivity contribution is 0.102. The SMILES string of the molecule is CCOc1ccc(NC(=O)c2cccc(Nc3ccc(-c4ccc(F)cc4)nn3)c2)cc1. The number of anilines is 3. The number of ether oxygens (including phenoxy) is 1. The lowest BCUT2D eigenvalue weighted by Crippen LogP contribution is -2.12. The van der Waals surface area contributed by atoms with E-state index in [9.17, 15) is 9.18 Å². The van der Waals surface area contributed by atoms with Crippen LogP contribution < -0.4 is 15.4 Å². The highest BCUT2D eigenvalue weighted by Crippen LogP contribution is 2.21. The van der Waals surface area contributed by atoms with Gasteiger partial charge in [-0.15, -0.1) is 10.2 Å². The molecule has 0 aliphatic heterocycles. The van der Waals surface area contributed by atoms with Crippen molar-refractivity contribution in [3.05, 3.63) is 96.3 Å². The van der Waals surface area contributed by atoms with E-state index in [4.69, 9.17) is 4.74 Å². The number of hydrogen-bond acceptors (Lipinski definition) is 5. The molecule has 0 fully saturated rings. The molecule has 0 saturated carbocycles. The third-order valence-corrected chi connectivity index (χ3v) is 4.62. The van der Waals surface area contributed by atoms with Crippen molar-refractivity contribution in [1.29, 1.82) is 0 Å². The van der Waals surface area contributed by atoms with Crippen molar-refractivity contribution in [3.63, 3.8) is 0 Å². The summed E-state index contributed by atoms with van der Waals surface area (Å²) in [5.41, 5.74) is 3.30. The van der Waals surface area contributed by atoms with Crippen LogP contribution in [0.5, 0.6) is 5.75 Å². The predicted molar refractivity (Wildman–Crippen MR) is 123 cm³/mol. The summed E-state index contributed by atoms with van der Waals surface area (Å²) in [6.07, 6.45) is 0. The summed E-state index contributed by atoms with van der Waals surface area (Å²) in [6, 6.07) is 23.9. The average Bonchev–Trinajstić information content (AvgIpc) is 2.82. The molecule has 0 aliphatic rings. The molecule has 3 aromatic carbocycles. The first-order valence-corrected chi connectivity index (χ1v) is 10.1. The van der Waals surface area contributed by atoms with Gasteiger partial charge in [0.05, 0.1) is 12.3 Å². The second-order valence-corrected chi connectivity index (χ2v) is 6.93. The molecular weight excluding hydrogens is 407 g/mol. The molecule has 0 radical (unpaired) electrons. The first-order chi connectivity index (χ1) is 15.6. The van der Waals surface area contributed by atoms with Gasteiger partial charge in [-0.25, -0.2) is 4.39 Å². The van der Waals surface area contributed by atoms with Crippen LogP contribution in [0.1, 0.15) is 17.3 Å². The zero-order valence-corrected chi connectivity index (χ0v) is 17.4. The average molecular weight is 428 g/mol. The van der Waals surface area contributed by atoms with Crippen LogP contribution in [0.4, 0.5) is 21.6 Å². The summed E-state index contributed by atoms with van der Waals surface area (Å²) in [4.78, 5) is 12.6. The van der Waals surface area contributed by atoms with Gasteiger partial charge in [0, 0.05) is 22.5 Å². The van der Waals surface area contributed by atoms with Gasteiger partial charge < -0.3 is 15.4 Å². The van der Waals surface area contributed by atoms with Crippen molar-refractivity contribution in [2.75, 3.05) is 17.2 Å². The van der Waals surface area contributed by atoms with Crippen LogP contribution in [0.3, 0.4) is 0 Å². The van der Waals surface area contributed by atoms with Crippen LogP contribution >= 0.6 is 0 Å². The maximum Gasteiger partial charge on any atom is 0.255 e. The molecule has 4 rings (SSSR count). The van der Waals surface area contributed by atoms with Crippen LogP contribution in [0.15, 0.2) is 84.9 Å². The third-order valence-electron chi connectivity index (χ3n) is 4.62. The number of benzene rings is 3. The standard InChI is InChI=1S/C25H21FN4O2/c1-2-32-22-12-10-20(11-13-22)28-25(31)18-4-3-5-21(16-18)27-24-15-14-23(29-30-24)17-6-8-19(26)9-7-17/h3-16H,2H2,1H3,(H,27,30)(H,28,31). The van der Waals surface area contributed by atoms with Crippen molar-refractivity contribution in [2.45, 2.75) is 6.92 Å². The number of carbonyl (C=O) groups excluding carboxylic acids is 1. The van der Waals surface area contributed by atoms with Crippen molar-refractivity contribution < 1.29 is 13.9 Å². The van der Waals surface area contributed by atoms with Crippen LogP contribution in [-0.4, -0.2) is 22.7 Å². The maximum absolute atomic E-state index is 13.1. The zero-order chi connectivity index (χ0) is 22.3. The van der Waals surface area contributed by atoms with E-state index in [0.717, 1.165) is 11.3 Å². The highest BCUT2D eigenvalue weighted by atomic mass is 19.1. The van der Waals surface area contributed by atoms with Gasteiger partial charge in [0.25, 0.3) is 5.91 Å². The number of rotatable bonds is 7. The van der Waals surface area contributed by atoms with E-state index >= 15 is 0 Å². The first-order valence-electron chi connectivity index (χ1n) is 10.1. The van der Waals surface area contributed by atoms with E-state index in [1.54, 1.807) is 54.6 Å². The third kappa shape index (κ3) is 5.26. The Morgan fingerprint density at radius 1 is 0.906 bits per heavy atom. The number of carbonyl (C=O) groups is 1. The number of aromatic nitrogens is 2. The van der Waals surface area contributed by atoms with Gasteiger partial charge in [-0.2, -0.15) is 0 Å². The van der Waals surface area contributed by atoms with E-state index in [2.05, 4.69) is 20.8 Å². The molecule has 0 aliphatic carbocycles. The highest BCUT2D eigenvalue weighted by molar-refractivity contribution is 6.04. The minimum atomic E-state index is -0.300. The molecule has 160 valence electrons. The second-order valence-electron chi connectivity index (χ2n) is 6.93. The minimum absolute atomic E-state index is 0.226. The molecule has 0 spiro atoms. The quantitative estimate of drug-likeness (QED) is 0.396. The molecule has 1 aromatic heterocycles. The van der Waals surface area contributed by atoms with Gasteiger partial charge >= 0.3 is 0 Å². The Hall–Kier alpha value is -4.26. The molecule has 1 heterocycles. The van der Waals surface area contributed by atoms with Crippen LogP contribution in [0.2, 0.25) is 0 Å². The molecule has 7 heteroatoms. The van der Waals surface area contributed by atoms with Crippen LogP contribution in [-0.2, 0) is 0 Å².